The number of carboxylic acid groups (broad SMARTS) is 1. The van der Waals surface area contributed by atoms with E-state index in [0.29, 0.717) is 18.7 Å². The first kappa shape index (κ1) is 17.9. The second-order valence-corrected chi connectivity index (χ2v) is 5.01. The Morgan fingerprint density at radius 3 is 2.55 bits per heavy atom. The number of rotatable bonds is 10. The number of amides is 1. The number of carbonyl (C=O) groups is 2. The van der Waals surface area contributed by atoms with Crippen molar-refractivity contribution in [1.82, 2.24) is 5.32 Å². The maximum atomic E-state index is 13.2. The molecule has 0 aliphatic heterocycles. The van der Waals surface area contributed by atoms with E-state index in [2.05, 4.69) is 5.32 Å². The summed E-state index contributed by atoms with van der Waals surface area (Å²) in [5, 5.41) is 11.2. The second-order valence-electron chi connectivity index (χ2n) is 5.01. The Bertz CT molecular complexity index is 505. The van der Waals surface area contributed by atoms with E-state index in [-0.39, 0.29) is 17.9 Å². The third kappa shape index (κ3) is 6.56. The molecule has 0 aliphatic carbocycles. The normalized spacial score (nSPS) is 10.3. The number of carboxylic acids is 1. The van der Waals surface area contributed by atoms with Crippen LogP contribution >= 0.6 is 0 Å². The van der Waals surface area contributed by atoms with Crippen LogP contribution in [0, 0.1) is 5.82 Å². The molecule has 0 saturated heterocycles. The number of halogens is 1. The van der Waals surface area contributed by atoms with E-state index in [1.807, 2.05) is 0 Å². The van der Waals surface area contributed by atoms with Crippen molar-refractivity contribution >= 4 is 11.9 Å². The van der Waals surface area contributed by atoms with Crippen molar-refractivity contribution < 1.29 is 23.8 Å². The molecule has 0 bridgehead atoms. The number of hydrogen-bond donors (Lipinski definition) is 2. The van der Waals surface area contributed by atoms with Crippen LogP contribution in [-0.2, 0) is 4.79 Å². The van der Waals surface area contributed by atoms with Crippen molar-refractivity contribution in [1.29, 1.82) is 0 Å². The molecule has 0 heterocycles. The lowest BCUT2D eigenvalue weighted by Crippen LogP contribution is -2.25. The lowest BCUT2D eigenvalue weighted by Gasteiger charge is -2.09. The molecule has 1 aromatic carbocycles. The summed E-state index contributed by atoms with van der Waals surface area (Å²) in [4.78, 5) is 22.3. The summed E-state index contributed by atoms with van der Waals surface area (Å²) in [5.41, 5.74) is 0.184. The number of hydrogen-bond acceptors (Lipinski definition) is 3. The van der Waals surface area contributed by atoms with E-state index >= 15 is 0 Å². The topological polar surface area (TPSA) is 75.6 Å². The average Bonchev–Trinajstić information content (AvgIpc) is 2.49. The maximum absolute atomic E-state index is 13.2. The minimum Gasteiger partial charge on any atom is -0.496 e. The van der Waals surface area contributed by atoms with Crippen molar-refractivity contribution in [3.05, 3.63) is 29.6 Å². The molecule has 0 aliphatic rings. The van der Waals surface area contributed by atoms with Crippen molar-refractivity contribution in [2.75, 3.05) is 13.7 Å². The summed E-state index contributed by atoms with van der Waals surface area (Å²) in [6, 6.07) is 3.82. The van der Waals surface area contributed by atoms with Gasteiger partial charge in [0, 0.05) is 13.0 Å². The quantitative estimate of drug-likeness (QED) is 0.651. The Morgan fingerprint density at radius 2 is 1.86 bits per heavy atom. The van der Waals surface area contributed by atoms with Crippen molar-refractivity contribution in [3.8, 4) is 5.75 Å². The molecule has 0 fully saturated rings. The Kier molecular flexibility index (Phi) is 7.96. The van der Waals surface area contributed by atoms with Gasteiger partial charge in [0.25, 0.3) is 5.91 Å². The van der Waals surface area contributed by atoms with E-state index in [4.69, 9.17) is 9.84 Å². The highest BCUT2D eigenvalue weighted by atomic mass is 19.1. The molecule has 5 nitrogen and oxygen atoms in total. The molecule has 2 N–H and O–H groups in total. The summed E-state index contributed by atoms with van der Waals surface area (Å²) >= 11 is 0. The van der Waals surface area contributed by atoms with Crippen LogP contribution in [0.3, 0.4) is 0 Å². The van der Waals surface area contributed by atoms with Gasteiger partial charge in [0.05, 0.1) is 12.7 Å². The summed E-state index contributed by atoms with van der Waals surface area (Å²) in [7, 11) is 1.43. The largest absolute Gasteiger partial charge is 0.496 e. The molecule has 0 radical (unpaired) electrons. The van der Waals surface area contributed by atoms with Gasteiger partial charge >= 0.3 is 5.97 Å². The van der Waals surface area contributed by atoms with E-state index in [1.54, 1.807) is 0 Å². The van der Waals surface area contributed by atoms with E-state index in [0.717, 1.165) is 31.7 Å². The predicted molar refractivity (Wildman–Crippen MR) is 80.6 cm³/mol. The Hall–Kier alpha value is -2.11. The molecular formula is C16H22FNO4. The second kappa shape index (κ2) is 9.76. The summed E-state index contributed by atoms with van der Waals surface area (Å²) in [6.07, 6.45) is 4.42. The SMILES string of the molecule is COc1ccc(F)cc1C(=O)NCCCCCCCC(=O)O. The minimum absolute atomic E-state index is 0.184. The number of unbranched alkanes of at least 4 members (excludes halogenated alkanes) is 4. The van der Waals surface area contributed by atoms with Gasteiger partial charge in [-0.3, -0.25) is 9.59 Å². The van der Waals surface area contributed by atoms with E-state index in [1.165, 1.54) is 19.2 Å². The molecule has 1 rings (SSSR count). The lowest BCUT2D eigenvalue weighted by molar-refractivity contribution is -0.137. The predicted octanol–water partition coefficient (Wildman–Crippen LogP) is 2.99. The third-order valence-corrected chi connectivity index (χ3v) is 3.26. The van der Waals surface area contributed by atoms with Crippen LogP contribution in [0.15, 0.2) is 18.2 Å². The molecule has 1 amide bonds. The molecule has 6 heteroatoms. The van der Waals surface area contributed by atoms with E-state index < -0.39 is 11.8 Å². The highest BCUT2D eigenvalue weighted by molar-refractivity contribution is 5.96. The number of nitrogens with one attached hydrogen (secondary N) is 1. The van der Waals surface area contributed by atoms with Crippen LogP contribution in [0.1, 0.15) is 48.9 Å². The van der Waals surface area contributed by atoms with Gasteiger partial charge in [-0.25, -0.2) is 4.39 Å². The summed E-state index contributed by atoms with van der Waals surface area (Å²) in [5.74, 6) is -1.27. The molecule has 0 saturated carbocycles. The van der Waals surface area contributed by atoms with Crippen LogP contribution in [0.2, 0.25) is 0 Å². The van der Waals surface area contributed by atoms with Gasteiger partial charge in [-0.05, 0) is 31.0 Å². The summed E-state index contributed by atoms with van der Waals surface area (Å²) < 4.78 is 18.2. The number of methoxy groups -OCH3 is 1. The van der Waals surface area contributed by atoms with Gasteiger partial charge in [0.15, 0.2) is 0 Å². The lowest BCUT2D eigenvalue weighted by atomic mass is 10.1. The molecule has 0 aromatic heterocycles. The zero-order chi connectivity index (χ0) is 16.4. The smallest absolute Gasteiger partial charge is 0.303 e. The van der Waals surface area contributed by atoms with Gasteiger partial charge in [-0.15, -0.1) is 0 Å². The fourth-order valence-corrected chi connectivity index (χ4v) is 2.09. The first-order valence-corrected chi connectivity index (χ1v) is 7.38. The van der Waals surface area contributed by atoms with Gasteiger partial charge in [0.2, 0.25) is 0 Å². The van der Waals surface area contributed by atoms with Gasteiger partial charge in [-0.1, -0.05) is 19.3 Å². The third-order valence-electron chi connectivity index (χ3n) is 3.26. The first-order chi connectivity index (χ1) is 10.5. The molecule has 1 aromatic rings. The molecule has 0 spiro atoms. The fraction of sp³-hybridized carbons (Fsp3) is 0.500. The fourth-order valence-electron chi connectivity index (χ4n) is 2.09. The number of benzene rings is 1. The Balaban J connectivity index is 2.24. The molecule has 122 valence electrons. The number of carbonyl (C=O) groups excluding carboxylic acids is 1. The van der Waals surface area contributed by atoms with Crippen LogP contribution < -0.4 is 10.1 Å². The van der Waals surface area contributed by atoms with Crippen LogP contribution in [0.4, 0.5) is 4.39 Å². The number of ether oxygens (including phenoxy) is 1. The number of aliphatic carboxylic acids is 1. The van der Waals surface area contributed by atoms with Gasteiger partial charge in [-0.2, -0.15) is 0 Å². The summed E-state index contributed by atoms with van der Waals surface area (Å²) in [6.45, 7) is 0.497. The van der Waals surface area contributed by atoms with Crippen LogP contribution in [0.25, 0.3) is 0 Å². The van der Waals surface area contributed by atoms with Crippen molar-refractivity contribution in [3.63, 3.8) is 0 Å². The monoisotopic (exact) mass is 311 g/mol. The van der Waals surface area contributed by atoms with Crippen molar-refractivity contribution in [2.45, 2.75) is 38.5 Å². The minimum atomic E-state index is -0.767. The van der Waals surface area contributed by atoms with Crippen LogP contribution in [-0.4, -0.2) is 30.6 Å². The molecule has 0 atom stereocenters. The Labute approximate surface area is 129 Å². The zero-order valence-electron chi connectivity index (χ0n) is 12.7. The first-order valence-electron chi connectivity index (χ1n) is 7.38. The maximum Gasteiger partial charge on any atom is 0.303 e. The molecule has 0 unspecified atom stereocenters. The van der Waals surface area contributed by atoms with Crippen LogP contribution in [0.5, 0.6) is 5.75 Å². The van der Waals surface area contributed by atoms with Gasteiger partial charge < -0.3 is 15.2 Å². The van der Waals surface area contributed by atoms with Crippen molar-refractivity contribution in [2.24, 2.45) is 0 Å². The Morgan fingerprint density at radius 1 is 1.18 bits per heavy atom. The average molecular weight is 311 g/mol. The highest BCUT2D eigenvalue weighted by Gasteiger charge is 2.12. The van der Waals surface area contributed by atoms with Gasteiger partial charge in [0.1, 0.15) is 11.6 Å². The standard InChI is InChI=1S/C16H22FNO4/c1-22-14-9-8-12(17)11-13(14)16(21)18-10-6-4-2-3-5-7-15(19)20/h8-9,11H,2-7,10H2,1H3,(H,18,21)(H,19,20). The zero-order valence-corrected chi connectivity index (χ0v) is 12.7. The highest BCUT2D eigenvalue weighted by Crippen LogP contribution is 2.19. The molecule has 22 heavy (non-hydrogen) atoms. The molecular weight excluding hydrogens is 289 g/mol. The van der Waals surface area contributed by atoms with E-state index in [9.17, 15) is 14.0 Å².